The molecule has 0 fully saturated rings. The lowest BCUT2D eigenvalue weighted by Gasteiger charge is -2.07. The second-order valence-electron chi connectivity index (χ2n) is 4.82. The lowest BCUT2D eigenvalue weighted by Crippen LogP contribution is -2.31. The van der Waals surface area contributed by atoms with E-state index < -0.39 is 17.5 Å². The third-order valence-electron chi connectivity index (χ3n) is 3.21. The van der Waals surface area contributed by atoms with Crippen LogP contribution in [0, 0.1) is 5.82 Å². The van der Waals surface area contributed by atoms with E-state index >= 15 is 0 Å². The van der Waals surface area contributed by atoms with Crippen molar-refractivity contribution in [3.05, 3.63) is 64.8 Å². The largest absolute Gasteiger partial charge is 0.442 e. The molecule has 9 heteroatoms. The summed E-state index contributed by atoms with van der Waals surface area (Å²) in [6, 6.07) is 6.09. The van der Waals surface area contributed by atoms with Gasteiger partial charge in [-0.1, -0.05) is 23.4 Å². The van der Waals surface area contributed by atoms with Gasteiger partial charge in [-0.15, -0.1) is 0 Å². The molecule has 3 aromatic rings. The Bertz CT molecular complexity index is 907. The highest BCUT2D eigenvalue weighted by Gasteiger charge is 2.17. The zero-order valence-electron chi connectivity index (χ0n) is 12.3. The van der Waals surface area contributed by atoms with Crippen LogP contribution in [-0.2, 0) is 17.9 Å². The van der Waals surface area contributed by atoms with Crippen LogP contribution in [0.25, 0.3) is 11.5 Å². The molecule has 0 unspecified atom stereocenters. The van der Waals surface area contributed by atoms with Gasteiger partial charge in [0.1, 0.15) is 18.1 Å². The normalized spacial score (nSPS) is 10.5. The van der Waals surface area contributed by atoms with E-state index in [1.54, 1.807) is 18.2 Å². The van der Waals surface area contributed by atoms with Crippen molar-refractivity contribution in [1.82, 2.24) is 25.0 Å². The number of carbonyl (C=O) groups is 1. The molecule has 0 atom stereocenters. The molecule has 0 saturated heterocycles. The van der Waals surface area contributed by atoms with Crippen LogP contribution < -0.4 is 11.1 Å². The zero-order chi connectivity index (χ0) is 16.9. The zero-order valence-corrected chi connectivity index (χ0v) is 12.3. The van der Waals surface area contributed by atoms with Gasteiger partial charge in [-0.2, -0.15) is 0 Å². The third-order valence-corrected chi connectivity index (χ3v) is 3.21. The van der Waals surface area contributed by atoms with Crippen molar-refractivity contribution in [2.75, 3.05) is 0 Å². The van der Waals surface area contributed by atoms with Gasteiger partial charge in [0.15, 0.2) is 0 Å². The van der Waals surface area contributed by atoms with E-state index in [4.69, 9.17) is 0 Å². The Morgan fingerprint density at radius 1 is 1.29 bits per heavy atom. The molecule has 3 rings (SSSR count). The molecule has 2 aromatic heterocycles. The fraction of sp³-hybridized carbons (Fsp3) is 0.133. The molecule has 0 aliphatic carbocycles. The van der Waals surface area contributed by atoms with Gasteiger partial charge in [0, 0.05) is 24.5 Å². The van der Waals surface area contributed by atoms with E-state index in [0.29, 0.717) is 11.3 Å². The summed E-state index contributed by atoms with van der Waals surface area (Å²) < 4.78 is 19.1. The molecule has 0 radical (unpaired) electrons. The molecule has 1 N–H and O–H groups in total. The lowest BCUT2D eigenvalue weighted by molar-refractivity contribution is -0.121. The highest BCUT2D eigenvalue weighted by Crippen LogP contribution is 2.10. The number of aromatic nitrogens is 4. The Morgan fingerprint density at radius 2 is 2.12 bits per heavy atom. The van der Waals surface area contributed by atoms with Gasteiger partial charge in [0.05, 0.1) is 6.20 Å². The molecule has 0 saturated carbocycles. The molecule has 1 amide bonds. The summed E-state index contributed by atoms with van der Waals surface area (Å²) in [6.45, 7) is -0.325. The molecule has 0 bridgehead atoms. The quantitative estimate of drug-likeness (QED) is 0.741. The smallest absolute Gasteiger partial charge is 0.350 e. The molecule has 24 heavy (non-hydrogen) atoms. The topological polar surface area (TPSA) is 103 Å². The number of nitrogens with zero attached hydrogens (tertiary/aromatic N) is 4. The Labute approximate surface area is 135 Å². The van der Waals surface area contributed by atoms with Gasteiger partial charge in [-0.25, -0.2) is 18.7 Å². The van der Waals surface area contributed by atoms with E-state index in [1.165, 1.54) is 24.7 Å². The van der Waals surface area contributed by atoms with Crippen LogP contribution in [0.5, 0.6) is 0 Å². The molecule has 0 aliphatic heterocycles. The Balaban J connectivity index is 1.72. The molecular weight excluding hydrogens is 317 g/mol. The van der Waals surface area contributed by atoms with Crippen molar-refractivity contribution in [1.29, 1.82) is 0 Å². The van der Waals surface area contributed by atoms with E-state index in [-0.39, 0.29) is 18.9 Å². The highest BCUT2D eigenvalue weighted by molar-refractivity contribution is 5.76. The predicted molar refractivity (Wildman–Crippen MR) is 80.0 cm³/mol. The molecular formula is C15H12FN5O3. The van der Waals surface area contributed by atoms with Crippen molar-refractivity contribution in [2.45, 2.75) is 13.1 Å². The van der Waals surface area contributed by atoms with E-state index in [9.17, 15) is 14.0 Å². The fourth-order valence-corrected chi connectivity index (χ4v) is 2.04. The van der Waals surface area contributed by atoms with Gasteiger partial charge in [0.2, 0.25) is 11.7 Å². The van der Waals surface area contributed by atoms with Crippen molar-refractivity contribution in [3.8, 4) is 11.5 Å². The van der Waals surface area contributed by atoms with Crippen LogP contribution in [0.4, 0.5) is 4.39 Å². The van der Waals surface area contributed by atoms with Gasteiger partial charge < -0.3 is 5.32 Å². The first-order valence-corrected chi connectivity index (χ1v) is 6.98. The van der Waals surface area contributed by atoms with Crippen LogP contribution in [0.1, 0.15) is 5.56 Å². The van der Waals surface area contributed by atoms with Crippen molar-refractivity contribution in [3.63, 3.8) is 0 Å². The van der Waals surface area contributed by atoms with Gasteiger partial charge in [-0.3, -0.25) is 14.3 Å². The summed E-state index contributed by atoms with van der Waals surface area (Å²) >= 11 is 0. The van der Waals surface area contributed by atoms with E-state index in [1.807, 2.05) is 0 Å². The van der Waals surface area contributed by atoms with Crippen LogP contribution in [-0.4, -0.2) is 25.6 Å². The number of benzene rings is 1. The number of rotatable bonds is 5. The third kappa shape index (κ3) is 3.35. The summed E-state index contributed by atoms with van der Waals surface area (Å²) in [5.74, 6) is -1.61. The number of halogens is 1. The SMILES string of the molecule is O=C(Cn1c(-c2cnccn2)noc1=O)NCc1ccccc1F. The Hall–Kier alpha value is -3.36. The maximum Gasteiger partial charge on any atom is 0.442 e. The molecule has 8 nitrogen and oxygen atoms in total. The monoisotopic (exact) mass is 329 g/mol. The molecule has 0 aliphatic rings. The van der Waals surface area contributed by atoms with Gasteiger partial charge in [0.25, 0.3) is 0 Å². The van der Waals surface area contributed by atoms with E-state index in [0.717, 1.165) is 4.57 Å². The van der Waals surface area contributed by atoms with Crippen molar-refractivity contribution >= 4 is 5.91 Å². The second-order valence-corrected chi connectivity index (χ2v) is 4.82. The number of carbonyl (C=O) groups excluding carboxylic acids is 1. The molecule has 2 heterocycles. The summed E-state index contributed by atoms with van der Waals surface area (Å²) in [4.78, 5) is 31.6. The maximum absolute atomic E-state index is 13.5. The van der Waals surface area contributed by atoms with Crippen LogP contribution in [0.15, 0.2) is 52.2 Å². The predicted octanol–water partition coefficient (Wildman–Crippen LogP) is 0.749. The summed E-state index contributed by atoms with van der Waals surface area (Å²) in [5.41, 5.74) is 0.642. The summed E-state index contributed by atoms with van der Waals surface area (Å²) in [7, 11) is 0. The van der Waals surface area contributed by atoms with Crippen LogP contribution in [0.2, 0.25) is 0 Å². The second kappa shape index (κ2) is 6.82. The van der Waals surface area contributed by atoms with Crippen LogP contribution in [0.3, 0.4) is 0 Å². The fourth-order valence-electron chi connectivity index (χ4n) is 2.04. The minimum atomic E-state index is -0.795. The maximum atomic E-state index is 13.5. The first-order chi connectivity index (χ1) is 11.6. The Morgan fingerprint density at radius 3 is 2.88 bits per heavy atom. The number of hydrogen-bond acceptors (Lipinski definition) is 6. The minimum absolute atomic E-state index is 0.00597. The molecule has 1 aromatic carbocycles. The van der Waals surface area contributed by atoms with Crippen molar-refractivity contribution < 1.29 is 13.7 Å². The standard InChI is InChI=1S/C15H12FN5O3/c16-11-4-2-1-3-10(11)7-19-13(22)9-21-14(20-24-15(21)23)12-8-17-5-6-18-12/h1-6,8H,7,9H2,(H,19,22). The number of nitrogens with one attached hydrogen (secondary N) is 1. The molecule has 122 valence electrons. The minimum Gasteiger partial charge on any atom is -0.350 e. The van der Waals surface area contributed by atoms with E-state index in [2.05, 4.69) is 25.0 Å². The number of amides is 1. The average molecular weight is 329 g/mol. The van der Waals surface area contributed by atoms with Gasteiger partial charge in [-0.05, 0) is 6.07 Å². The first-order valence-electron chi connectivity index (χ1n) is 6.98. The van der Waals surface area contributed by atoms with Crippen LogP contribution >= 0.6 is 0 Å². The number of hydrogen-bond donors (Lipinski definition) is 1. The lowest BCUT2D eigenvalue weighted by atomic mass is 10.2. The summed E-state index contributed by atoms with van der Waals surface area (Å²) in [6.07, 6.45) is 4.29. The molecule has 0 spiro atoms. The first kappa shape index (κ1) is 15.5. The van der Waals surface area contributed by atoms with Crippen molar-refractivity contribution in [2.24, 2.45) is 0 Å². The Kier molecular flexibility index (Phi) is 4.41. The van der Waals surface area contributed by atoms with Gasteiger partial charge >= 0.3 is 5.76 Å². The average Bonchev–Trinajstić information content (AvgIpc) is 2.96. The summed E-state index contributed by atoms with van der Waals surface area (Å²) in [5, 5.41) is 6.14. The highest BCUT2D eigenvalue weighted by atomic mass is 19.1.